The lowest BCUT2D eigenvalue weighted by atomic mass is 10.3. The van der Waals surface area contributed by atoms with E-state index in [-0.39, 0.29) is 15.7 Å². The fourth-order valence-corrected chi connectivity index (χ4v) is 2.55. The van der Waals surface area contributed by atoms with E-state index in [1.165, 1.54) is 20.0 Å². The zero-order valence-corrected chi connectivity index (χ0v) is 11.3. The molecule has 0 saturated carbocycles. The second-order valence-corrected chi connectivity index (χ2v) is 5.62. The normalized spacial score (nSPS) is 13.1. The molecule has 0 fully saturated rings. The summed E-state index contributed by atoms with van der Waals surface area (Å²) < 4.78 is 26.0. The van der Waals surface area contributed by atoms with Gasteiger partial charge in [-0.2, -0.15) is 4.72 Å². The molecule has 0 spiro atoms. The first-order chi connectivity index (χ1) is 8.27. The molecule has 4 N–H and O–H groups in total. The van der Waals surface area contributed by atoms with Crippen molar-refractivity contribution < 1.29 is 13.2 Å². The van der Waals surface area contributed by atoms with E-state index in [1.807, 2.05) is 0 Å². The van der Waals surface area contributed by atoms with Gasteiger partial charge in [-0.05, 0) is 13.0 Å². The molecule has 0 radical (unpaired) electrons. The van der Waals surface area contributed by atoms with Crippen LogP contribution in [-0.4, -0.2) is 32.4 Å². The van der Waals surface area contributed by atoms with Crippen LogP contribution in [0.2, 0.25) is 5.02 Å². The lowest BCUT2D eigenvalue weighted by Crippen LogP contribution is -2.43. The van der Waals surface area contributed by atoms with E-state index in [0.717, 1.165) is 6.20 Å². The van der Waals surface area contributed by atoms with Crippen molar-refractivity contribution in [3.63, 3.8) is 0 Å². The summed E-state index contributed by atoms with van der Waals surface area (Å²) in [6.45, 7) is 1.42. The summed E-state index contributed by atoms with van der Waals surface area (Å²) in [7, 11) is -2.46. The van der Waals surface area contributed by atoms with E-state index in [4.69, 9.17) is 17.3 Å². The first-order valence-corrected chi connectivity index (χ1v) is 6.79. The molecular weight excluding hydrogens is 280 g/mol. The van der Waals surface area contributed by atoms with Gasteiger partial charge in [-0.25, -0.2) is 13.4 Å². The Labute approximate surface area is 110 Å². The van der Waals surface area contributed by atoms with Gasteiger partial charge in [0.1, 0.15) is 10.7 Å². The summed E-state index contributed by atoms with van der Waals surface area (Å²) in [6.07, 6.45) is 1.07. The SMILES string of the molecule is CNC(=O)C(C)NS(=O)(=O)c1cnc(N)c(Cl)c1. The van der Waals surface area contributed by atoms with E-state index < -0.39 is 22.0 Å². The number of hydrogen-bond acceptors (Lipinski definition) is 5. The van der Waals surface area contributed by atoms with Crippen LogP contribution in [0.3, 0.4) is 0 Å². The van der Waals surface area contributed by atoms with Crippen LogP contribution in [0.4, 0.5) is 5.82 Å². The van der Waals surface area contributed by atoms with Crippen LogP contribution in [0.15, 0.2) is 17.2 Å². The van der Waals surface area contributed by atoms with Gasteiger partial charge in [0, 0.05) is 13.2 Å². The maximum absolute atomic E-state index is 11.9. The number of carbonyl (C=O) groups is 1. The van der Waals surface area contributed by atoms with Crippen LogP contribution in [-0.2, 0) is 14.8 Å². The number of sulfonamides is 1. The standard InChI is InChI=1S/C9H13ClN4O3S/c1-5(9(15)12-2)14-18(16,17)6-3-7(10)8(11)13-4-6/h3-5,14H,1-2H3,(H2,11,13)(H,12,15). The van der Waals surface area contributed by atoms with Gasteiger partial charge in [0.2, 0.25) is 15.9 Å². The number of nitrogens with two attached hydrogens (primary N) is 1. The number of pyridine rings is 1. The molecule has 100 valence electrons. The van der Waals surface area contributed by atoms with Crippen LogP contribution in [0.5, 0.6) is 0 Å². The predicted octanol–water partition coefficient (Wildman–Crippen LogP) is -0.270. The molecular formula is C9H13ClN4O3S. The molecule has 0 bridgehead atoms. The minimum Gasteiger partial charge on any atom is -0.382 e. The third-order valence-electron chi connectivity index (χ3n) is 2.13. The highest BCUT2D eigenvalue weighted by Crippen LogP contribution is 2.19. The Morgan fingerprint density at radius 1 is 1.56 bits per heavy atom. The Kier molecular flexibility index (Phi) is 4.49. The van der Waals surface area contributed by atoms with Gasteiger partial charge >= 0.3 is 0 Å². The largest absolute Gasteiger partial charge is 0.382 e. The van der Waals surface area contributed by atoms with Crippen molar-refractivity contribution in [3.8, 4) is 0 Å². The van der Waals surface area contributed by atoms with Gasteiger partial charge < -0.3 is 11.1 Å². The Morgan fingerprint density at radius 3 is 2.67 bits per heavy atom. The summed E-state index contributed by atoms with van der Waals surface area (Å²) in [5.41, 5.74) is 5.38. The van der Waals surface area contributed by atoms with Crippen molar-refractivity contribution in [1.29, 1.82) is 0 Å². The zero-order chi connectivity index (χ0) is 13.9. The third kappa shape index (κ3) is 3.31. The number of nitrogen functional groups attached to an aromatic ring is 1. The molecule has 0 saturated heterocycles. The lowest BCUT2D eigenvalue weighted by Gasteiger charge is -2.12. The molecule has 9 heteroatoms. The predicted molar refractivity (Wildman–Crippen MR) is 67.5 cm³/mol. The number of amides is 1. The van der Waals surface area contributed by atoms with Gasteiger partial charge in [0.15, 0.2) is 0 Å². The van der Waals surface area contributed by atoms with E-state index in [0.29, 0.717) is 0 Å². The van der Waals surface area contributed by atoms with Crippen molar-refractivity contribution in [1.82, 2.24) is 15.0 Å². The maximum Gasteiger partial charge on any atom is 0.242 e. The number of carbonyl (C=O) groups excluding carboxylic acids is 1. The number of anilines is 1. The fraction of sp³-hybridized carbons (Fsp3) is 0.333. The second-order valence-electron chi connectivity index (χ2n) is 3.50. The van der Waals surface area contributed by atoms with Crippen molar-refractivity contribution in [2.24, 2.45) is 0 Å². The monoisotopic (exact) mass is 292 g/mol. The Morgan fingerprint density at radius 2 is 2.17 bits per heavy atom. The number of likely N-dealkylation sites (N-methyl/N-ethyl adjacent to an activating group) is 1. The van der Waals surface area contributed by atoms with Crippen LogP contribution in [0.25, 0.3) is 0 Å². The molecule has 7 nitrogen and oxygen atoms in total. The first-order valence-electron chi connectivity index (χ1n) is 4.93. The molecule has 0 aliphatic carbocycles. The first kappa shape index (κ1) is 14.7. The average molecular weight is 293 g/mol. The average Bonchev–Trinajstić information content (AvgIpc) is 2.30. The molecule has 1 heterocycles. The molecule has 0 aliphatic rings. The number of hydrogen-bond donors (Lipinski definition) is 3. The summed E-state index contributed by atoms with van der Waals surface area (Å²) in [4.78, 5) is 14.7. The number of nitrogens with one attached hydrogen (secondary N) is 2. The topological polar surface area (TPSA) is 114 Å². The van der Waals surface area contributed by atoms with Gasteiger partial charge in [0.05, 0.1) is 11.1 Å². The summed E-state index contributed by atoms with van der Waals surface area (Å²) in [5.74, 6) is -0.414. The summed E-state index contributed by atoms with van der Waals surface area (Å²) in [6, 6.07) is 0.263. The van der Waals surface area contributed by atoms with E-state index in [9.17, 15) is 13.2 Å². The highest BCUT2D eigenvalue weighted by Gasteiger charge is 2.22. The van der Waals surface area contributed by atoms with Gasteiger partial charge in [-0.15, -0.1) is 0 Å². The third-order valence-corrected chi connectivity index (χ3v) is 3.94. The minimum atomic E-state index is -3.87. The van der Waals surface area contributed by atoms with Gasteiger partial charge in [-0.1, -0.05) is 11.6 Å². The number of rotatable bonds is 4. The number of halogens is 1. The fourth-order valence-electron chi connectivity index (χ4n) is 1.15. The van der Waals surface area contributed by atoms with Crippen LogP contribution < -0.4 is 15.8 Å². The Hall–Kier alpha value is -1.38. The molecule has 18 heavy (non-hydrogen) atoms. The van der Waals surface area contributed by atoms with Crippen LogP contribution in [0, 0.1) is 0 Å². The van der Waals surface area contributed by atoms with Crippen molar-refractivity contribution >= 4 is 33.3 Å². The number of nitrogens with zero attached hydrogens (tertiary/aromatic N) is 1. The zero-order valence-electron chi connectivity index (χ0n) is 9.77. The van der Waals surface area contributed by atoms with Crippen LogP contribution >= 0.6 is 11.6 Å². The van der Waals surface area contributed by atoms with Gasteiger partial charge in [-0.3, -0.25) is 4.79 Å². The van der Waals surface area contributed by atoms with Gasteiger partial charge in [0.25, 0.3) is 0 Å². The summed E-state index contributed by atoms with van der Waals surface area (Å²) in [5, 5.41) is 2.36. The van der Waals surface area contributed by atoms with Crippen molar-refractivity contribution in [2.75, 3.05) is 12.8 Å². The molecule has 1 amide bonds. The maximum atomic E-state index is 11.9. The van der Waals surface area contributed by atoms with E-state index in [2.05, 4.69) is 15.0 Å². The quantitative estimate of drug-likeness (QED) is 0.707. The molecule has 1 aromatic rings. The Balaban J connectivity index is 3.00. The molecule has 1 unspecified atom stereocenters. The van der Waals surface area contributed by atoms with E-state index in [1.54, 1.807) is 0 Å². The summed E-state index contributed by atoms with van der Waals surface area (Å²) >= 11 is 5.69. The molecule has 0 aliphatic heterocycles. The molecule has 1 atom stereocenters. The van der Waals surface area contributed by atoms with E-state index >= 15 is 0 Å². The van der Waals surface area contributed by atoms with Crippen molar-refractivity contribution in [2.45, 2.75) is 17.9 Å². The highest BCUT2D eigenvalue weighted by molar-refractivity contribution is 7.89. The molecule has 1 rings (SSSR count). The smallest absolute Gasteiger partial charge is 0.242 e. The molecule has 1 aromatic heterocycles. The second kappa shape index (κ2) is 5.51. The number of aromatic nitrogens is 1. The minimum absolute atomic E-state index is 0.0328. The Bertz CT molecular complexity index is 561. The van der Waals surface area contributed by atoms with Crippen molar-refractivity contribution in [3.05, 3.63) is 17.3 Å². The highest BCUT2D eigenvalue weighted by atomic mass is 35.5. The molecule has 0 aromatic carbocycles. The lowest BCUT2D eigenvalue weighted by molar-refractivity contribution is -0.121. The van der Waals surface area contributed by atoms with Crippen LogP contribution in [0.1, 0.15) is 6.92 Å².